The van der Waals surface area contributed by atoms with Crippen molar-refractivity contribution in [2.75, 3.05) is 0 Å². The lowest BCUT2D eigenvalue weighted by molar-refractivity contribution is -0.255. The minimum atomic E-state index is -0.554. The fourth-order valence-corrected chi connectivity index (χ4v) is 3.63. The molecular formula is C19H23NO6. The zero-order valence-electron chi connectivity index (χ0n) is 15.4. The van der Waals surface area contributed by atoms with E-state index in [0.29, 0.717) is 12.8 Å². The number of piperidine rings is 1. The minimum Gasteiger partial charge on any atom is -0.457 e. The molecule has 1 aliphatic heterocycles. The molecule has 0 amide bonds. The van der Waals surface area contributed by atoms with Gasteiger partial charge in [0.15, 0.2) is 0 Å². The minimum absolute atomic E-state index is 0.142. The van der Waals surface area contributed by atoms with Crippen molar-refractivity contribution in [1.82, 2.24) is 5.06 Å². The van der Waals surface area contributed by atoms with Gasteiger partial charge in [-0.3, -0.25) is 0 Å². The summed E-state index contributed by atoms with van der Waals surface area (Å²) in [6.07, 6.45) is 3.55. The highest BCUT2D eigenvalue weighted by Gasteiger charge is 2.49. The summed E-state index contributed by atoms with van der Waals surface area (Å²) in [7, 11) is 0. The lowest BCUT2D eigenvalue weighted by atomic mass is 9.80. The number of furan rings is 2. The van der Waals surface area contributed by atoms with E-state index in [-0.39, 0.29) is 17.6 Å². The highest BCUT2D eigenvalue weighted by molar-refractivity contribution is 5.86. The molecule has 7 heteroatoms. The Kier molecular flexibility index (Phi) is 4.66. The molecule has 0 N–H and O–H groups in total. The van der Waals surface area contributed by atoms with Crippen molar-refractivity contribution in [3.05, 3.63) is 48.3 Å². The maximum absolute atomic E-state index is 12.3. The van der Waals surface area contributed by atoms with Crippen LogP contribution in [0.25, 0.3) is 0 Å². The lowest BCUT2D eigenvalue weighted by Crippen LogP contribution is -2.62. The Morgan fingerprint density at radius 2 is 1.46 bits per heavy atom. The molecule has 0 aromatic carbocycles. The fourth-order valence-electron chi connectivity index (χ4n) is 3.63. The Morgan fingerprint density at radius 3 is 1.92 bits per heavy atom. The first kappa shape index (κ1) is 18.3. The van der Waals surface area contributed by atoms with Crippen molar-refractivity contribution in [3.8, 4) is 0 Å². The van der Waals surface area contributed by atoms with Gasteiger partial charge >= 0.3 is 11.9 Å². The van der Waals surface area contributed by atoms with Gasteiger partial charge in [0.2, 0.25) is 11.5 Å². The summed E-state index contributed by atoms with van der Waals surface area (Å²) < 4.78 is 15.8. The standard InChI is InChI=1S/C19H23NO6/c1-18(2)11-13(25-16(21)14-7-5-9-23-14)12-19(3,4)20(18)26-17(22)15-8-6-10-24-15/h5-10,13H,11-12H2,1-4H3. The summed E-state index contributed by atoms with van der Waals surface area (Å²) in [5.74, 6) is -0.731. The van der Waals surface area contributed by atoms with E-state index in [1.165, 1.54) is 12.5 Å². The van der Waals surface area contributed by atoms with Crippen LogP contribution in [-0.2, 0) is 9.57 Å². The van der Waals surface area contributed by atoms with Crippen molar-refractivity contribution >= 4 is 11.9 Å². The highest BCUT2D eigenvalue weighted by Crippen LogP contribution is 2.40. The Labute approximate surface area is 151 Å². The molecule has 0 spiro atoms. The summed E-state index contributed by atoms with van der Waals surface area (Å²) in [6, 6.07) is 6.40. The van der Waals surface area contributed by atoms with Crippen LogP contribution in [-0.4, -0.2) is 34.2 Å². The molecule has 0 saturated carbocycles. The molecule has 140 valence electrons. The van der Waals surface area contributed by atoms with E-state index in [4.69, 9.17) is 18.4 Å². The first-order valence-corrected chi connectivity index (χ1v) is 8.50. The number of carbonyl (C=O) groups is 2. The lowest BCUT2D eigenvalue weighted by Gasteiger charge is -2.52. The number of esters is 1. The number of carbonyl (C=O) groups excluding carboxylic acids is 2. The third-order valence-electron chi connectivity index (χ3n) is 4.45. The van der Waals surface area contributed by atoms with Crippen LogP contribution in [0.5, 0.6) is 0 Å². The van der Waals surface area contributed by atoms with Crippen LogP contribution in [0, 0.1) is 0 Å². The number of hydroxylamine groups is 2. The average Bonchev–Trinajstić information content (AvgIpc) is 3.22. The Hall–Kier alpha value is -2.54. The maximum Gasteiger partial charge on any atom is 0.393 e. The smallest absolute Gasteiger partial charge is 0.393 e. The molecular weight excluding hydrogens is 338 g/mol. The van der Waals surface area contributed by atoms with Crippen LogP contribution in [0.1, 0.15) is 61.6 Å². The van der Waals surface area contributed by atoms with Gasteiger partial charge in [-0.1, -0.05) is 0 Å². The molecule has 0 bridgehead atoms. The molecule has 0 aliphatic carbocycles. The van der Waals surface area contributed by atoms with Crippen molar-refractivity contribution in [2.45, 2.75) is 57.7 Å². The Bertz CT molecular complexity index is 742. The van der Waals surface area contributed by atoms with Gasteiger partial charge in [0, 0.05) is 12.8 Å². The first-order chi connectivity index (χ1) is 12.2. The summed E-state index contributed by atoms with van der Waals surface area (Å²) in [5.41, 5.74) is -1.09. The number of hydrogen-bond donors (Lipinski definition) is 0. The highest BCUT2D eigenvalue weighted by atomic mass is 16.7. The van der Waals surface area contributed by atoms with Gasteiger partial charge in [-0.15, -0.1) is 5.06 Å². The van der Waals surface area contributed by atoms with Gasteiger partial charge in [-0.05, 0) is 52.0 Å². The molecule has 1 saturated heterocycles. The molecule has 2 aromatic heterocycles. The number of ether oxygens (including phenoxy) is 1. The quantitative estimate of drug-likeness (QED) is 0.766. The van der Waals surface area contributed by atoms with Crippen molar-refractivity contribution in [1.29, 1.82) is 0 Å². The first-order valence-electron chi connectivity index (χ1n) is 8.50. The zero-order valence-corrected chi connectivity index (χ0v) is 15.4. The molecule has 0 radical (unpaired) electrons. The average molecular weight is 361 g/mol. The normalized spacial score (nSPS) is 19.8. The molecule has 0 atom stereocenters. The van der Waals surface area contributed by atoms with Crippen LogP contribution >= 0.6 is 0 Å². The van der Waals surface area contributed by atoms with Crippen LogP contribution in [0.3, 0.4) is 0 Å². The van der Waals surface area contributed by atoms with E-state index in [1.807, 2.05) is 27.7 Å². The molecule has 26 heavy (non-hydrogen) atoms. The van der Waals surface area contributed by atoms with Crippen LogP contribution in [0.2, 0.25) is 0 Å². The van der Waals surface area contributed by atoms with E-state index in [2.05, 4.69) is 0 Å². The predicted molar refractivity (Wildman–Crippen MR) is 91.3 cm³/mol. The largest absolute Gasteiger partial charge is 0.457 e. The van der Waals surface area contributed by atoms with Gasteiger partial charge < -0.3 is 18.4 Å². The third-order valence-corrected chi connectivity index (χ3v) is 4.45. The van der Waals surface area contributed by atoms with Gasteiger partial charge in [0.1, 0.15) is 6.10 Å². The molecule has 1 aliphatic rings. The van der Waals surface area contributed by atoms with Crippen molar-refractivity contribution in [2.24, 2.45) is 0 Å². The number of hydrogen-bond acceptors (Lipinski definition) is 7. The van der Waals surface area contributed by atoms with Crippen molar-refractivity contribution in [3.63, 3.8) is 0 Å². The van der Waals surface area contributed by atoms with Gasteiger partial charge in [0.25, 0.3) is 0 Å². The molecule has 7 nitrogen and oxygen atoms in total. The summed E-state index contributed by atoms with van der Waals surface area (Å²) in [5, 5.41) is 1.67. The second-order valence-corrected chi connectivity index (χ2v) is 7.69. The Balaban J connectivity index is 1.72. The maximum atomic E-state index is 12.3. The molecule has 1 fully saturated rings. The van der Waals surface area contributed by atoms with Crippen LogP contribution in [0.15, 0.2) is 45.6 Å². The Morgan fingerprint density at radius 1 is 0.962 bits per heavy atom. The van der Waals surface area contributed by atoms with E-state index >= 15 is 0 Å². The second kappa shape index (κ2) is 6.64. The van der Waals surface area contributed by atoms with Crippen LogP contribution in [0.4, 0.5) is 0 Å². The van der Waals surface area contributed by atoms with E-state index in [9.17, 15) is 9.59 Å². The van der Waals surface area contributed by atoms with E-state index in [1.54, 1.807) is 29.3 Å². The molecule has 2 aromatic rings. The van der Waals surface area contributed by atoms with E-state index in [0.717, 1.165) is 0 Å². The summed E-state index contributed by atoms with van der Waals surface area (Å²) in [4.78, 5) is 30.1. The summed E-state index contributed by atoms with van der Waals surface area (Å²) in [6.45, 7) is 7.77. The van der Waals surface area contributed by atoms with Gasteiger partial charge in [0.05, 0.1) is 23.6 Å². The summed E-state index contributed by atoms with van der Waals surface area (Å²) >= 11 is 0. The van der Waals surface area contributed by atoms with E-state index < -0.39 is 23.0 Å². The molecule has 3 rings (SSSR count). The third kappa shape index (κ3) is 3.67. The van der Waals surface area contributed by atoms with Crippen molar-refractivity contribution < 1.29 is 28.0 Å². The number of nitrogens with zero attached hydrogens (tertiary/aromatic N) is 1. The SMILES string of the molecule is CC1(C)CC(OC(=O)c2ccco2)CC(C)(C)N1OC(=O)c1ccco1. The second-order valence-electron chi connectivity index (χ2n) is 7.69. The fraction of sp³-hybridized carbons (Fsp3) is 0.474. The monoisotopic (exact) mass is 361 g/mol. The molecule has 0 unspecified atom stereocenters. The topological polar surface area (TPSA) is 82.1 Å². The van der Waals surface area contributed by atoms with Gasteiger partial charge in [-0.25, -0.2) is 9.59 Å². The predicted octanol–water partition coefficient (Wildman–Crippen LogP) is 3.82. The number of rotatable bonds is 4. The molecule has 3 heterocycles. The van der Waals surface area contributed by atoms with Crippen LogP contribution < -0.4 is 0 Å². The van der Waals surface area contributed by atoms with Gasteiger partial charge in [-0.2, -0.15) is 0 Å². The zero-order chi connectivity index (χ0) is 18.9.